The molecule has 0 radical (unpaired) electrons. The topological polar surface area (TPSA) is 51.2 Å². The number of amides is 1. The molecule has 106 valence electrons. The summed E-state index contributed by atoms with van der Waals surface area (Å²) in [5.74, 6) is -0.250. The fourth-order valence-electron chi connectivity index (χ4n) is 1.46. The predicted molar refractivity (Wildman–Crippen MR) is 76.9 cm³/mol. The van der Waals surface area contributed by atoms with Crippen LogP contribution < -0.4 is 5.32 Å². The first-order valence-electron chi connectivity index (χ1n) is 5.95. The number of carbonyl (C=O) groups is 1. The summed E-state index contributed by atoms with van der Waals surface area (Å²) in [5.41, 5.74) is 0.284. The molecule has 0 atom stereocenters. The lowest BCUT2D eigenvalue weighted by atomic mass is 9.89. The van der Waals surface area contributed by atoms with Gasteiger partial charge in [-0.25, -0.2) is 4.98 Å². The van der Waals surface area contributed by atoms with Crippen LogP contribution in [-0.2, 0) is 4.74 Å². The molecule has 19 heavy (non-hydrogen) atoms. The van der Waals surface area contributed by atoms with Crippen LogP contribution >= 0.6 is 23.2 Å². The zero-order valence-electron chi connectivity index (χ0n) is 11.3. The molecule has 0 aromatic carbocycles. The lowest BCUT2D eigenvalue weighted by molar-refractivity contribution is 0.0920. The van der Waals surface area contributed by atoms with Gasteiger partial charge in [0.25, 0.3) is 5.91 Å². The Kier molecular flexibility index (Phi) is 6.04. The average molecular weight is 305 g/mol. The molecule has 1 N–H and O–H groups in total. The Balaban J connectivity index is 2.60. The van der Waals surface area contributed by atoms with Crippen molar-refractivity contribution in [2.45, 2.75) is 20.3 Å². The normalized spacial score (nSPS) is 11.4. The van der Waals surface area contributed by atoms with E-state index in [0.717, 1.165) is 6.42 Å². The highest BCUT2D eigenvalue weighted by Crippen LogP contribution is 2.20. The fraction of sp³-hybridized carbons (Fsp3) is 0.538. The quantitative estimate of drug-likeness (QED) is 0.821. The lowest BCUT2D eigenvalue weighted by Gasteiger charge is -2.24. The Morgan fingerprint density at radius 3 is 2.68 bits per heavy atom. The van der Waals surface area contributed by atoms with E-state index in [9.17, 15) is 4.79 Å². The number of nitrogens with one attached hydrogen (secondary N) is 1. The van der Waals surface area contributed by atoms with E-state index in [1.54, 1.807) is 19.2 Å². The zero-order chi connectivity index (χ0) is 14.5. The van der Waals surface area contributed by atoms with Gasteiger partial charge in [-0.3, -0.25) is 4.79 Å². The van der Waals surface area contributed by atoms with Crippen molar-refractivity contribution >= 4 is 29.1 Å². The van der Waals surface area contributed by atoms with Crippen LogP contribution in [0.5, 0.6) is 0 Å². The molecule has 4 nitrogen and oxygen atoms in total. The molecule has 6 heteroatoms. The van der Waals surface area contributed by atoms with Crippen molar-refractivity contribution in [2.75, 3.05) is 20.3 Å². The molecule has 1 rings (SSSR count). The number of pyridine rings is 1. The molecular weight excluding hydrogens is 287 g/mol. The maximum atomic E-state index is 12.0. The number of halogens is 2. The van der Waals surface area contributed by atoms with Gasteiger partial charge in [0.15, 0.2) is 0 Å². The van der Waals surface area contributed by atoms with Crippen LogP contribution in [0.25, 0.3) is 0 Å². The molecule has 0 aliphatic carbocycles. The predicted octanol–water partition coefficient (Wildman–Crippen LogP) is 3.18. The minimum Gasteiger partial charge on any atom is -0.385 e. The molecule has 0 saturated heterocycles. The van der Waals surface area contributed by atoms with Gasteiger partial charge in [-0.2, -0.15) is 0 Å². The number of carbonyl (C=O) groups excluding carboxylic acids is 1. The number of aromatic nitrogens is 1. The standard InChI is InChI=1S/C13H18Cl2N2O2/c1-13(2,6-7-19-3)8-16-12(18)9-4-5-10(14)17-11(9)15/h4-5H,6-8H2,1-3H3,(H,16,18). The molecule has 0 bridgehead atoms. The molecular formula is C13H18Cl2N2O2. The molecule has 1 amide bonds. The molecule has 0 fully saturated rings. The van der Waals surface area contributed by atoms with E-state index in [2.05, 4.69) is 24.1 Å². The summed E-state index contributed by atoms with van der Waals surface area (Å²) in [5, 5.41) is 3.22. The second-order valence-electron chi connectivity index (χ2n) is 5.06. The summed E-state index contributed by atoms with van der Waals surface area (Å²) >= 11 is 11.6. The molecule has 0 unspecified atom stereocenters. The van der Waals surface area contributed by atoms with E-state index in [-0.39, 0.29) is 21.6 Å². The van der Waals surface area contributed by atoms with Gasteiger partial charge in [0.1, 0.15) is 10.3 Å². The van der Waals surface area contributed by atoms with Crippen LogP contribution in [0.4, 0.5) is 0 Å². The Morgan fingerprint density at radius 2 is 2.11 bits per heavy atom. The van der Waals surface area contributed by atoms with E-state index >= 15 is 0 Å². The Labute approximate surface area is 123 Å². The number of hydrogen-bond donors (Lipinski definition) is 1. The average Bonchev–Trinajstić information content (AvgIpc) is 2.34. The van der Waals surface area contributed by atoms with Crippen molar-refractivity contribution in [3.63, 3.8) is 0 Å². The van der Waals surface area contributed by atoms with Crippen molar-refractivity contribution in [2.24, 2.45) is 5.41 Å². The number of ether oxygens (including phenoxy) is 1. The van der Waals surface area contributed by atoms with Gasteiger partial charge in [-0.05, 0) is 24.0 Å². The van der Waals surface area contributed by atoms with Crippen LogP contribution in [0.2, 0.25) is 10.3 Å². The highest BCUT2D eigenvalue weighted by Gasteiger charge is 2.20. The van der Waals surface area contributed by atoms with Gasteiger partial charge < -0.3 is 10.1 Å². The van der Waals surface area contributed by atoms with Gasteiger partial charge in [-0.15, -0.1) is 0 Å². The van der Waals surface area contributed by atoms with Crippen molar-refractivity contribution in [1.82, 2.24) is 10.3 Å². The van der Waals surface area contributed by atoms with Crippen molar-refractivity contribution < 1.29 is 9.53 Å². The minimum absolute atomic E-state index is 0.0437. The number of nitrogens with zero attached hydrogens (tertiary/aromatic N) is 1. The third-order valence-corrected chi connectivity index (χ3v) is 3.27. The van der Waals surface area contributed by atoms with Crippen LogP contribution in [0.3, 0.4) is 0 Å². The van der Waals surface area contributed by atoms with E-state index in [1.807, 2.05) is 0 Å². The first-order valence-corrected chi connectivity index (χ1v) is 6.70. The molecule has 0 saturated carbocycles. The first kappa shape index (κ1) is 16.2. The summed E-state index contributed by atoms with van der Waals surface area (Å²) in [4.78, 5) is 15.8. The van der Waals surface area contributed by atoms with E-state index in [4.69, 9.17) is 27.9 Å². The maximum absolute atomic E-state index is 12.0. The smallest absolute Gasteiger partial charge is 0.254 e. The third-order valence-electron chi connectivity index (χ3n) is 2.77. The summed E-state index contributed by atoms with van der Waals surface area (Å²) in [6.45, 7) is 5.32. The Morgan fingerprint density at radius 1 is 1.42 bits per heavy atom. The third kappa shape index (κ3) is 5.35. The molecule has 0 aliphatic heterocycles. The molecule has 1 aromatic rings. The van der Waals surface area contributed by atoms with Gasteiger partial charge in [0.05, 0.1) is 5.56 Å². The zero-order valence-corrected chi connectivity index (χ0v) is 12.8. The van der Waals surface area contributed by atoms with Gasteiger partial charge in [0.2, 0.25) is 0 Å². The number of methoxy groups -OCH3 is 1. The van der Waals surface area contributed by atoms with Crippen LogP contribution in [-0.4, -0.2) is 31.2 Å². The Bertz CT molecular complexity index is 450. The number of rotatable bonds is 6. The second kappa shape index (κ2) is 7.08. The van der Waals surface area contributed by atoms with E-state index in [1.165, 1.54) is 0 Å². The summed E-state index contributed by atoms with van der Waals surface area (Å²) in [6.07, 6.45) is 0.858. The molecule has 0 spiro atoms. The largest absolute Gasteiger partial charge is 0.385 e. The fourth-order valence-corrected chi connectivity index (χ4v) is 1.89. The summed E-state index contributed by atoms with van der Waals surface area (Å²) < 4.78 is 5.04. The maximum Gasteiger partial charge on any atom is 0.254 e. The van der Waals surface area contributed by atoms with Gasteiger partial charge in [0, 0.05) is 20.3 Å². The minimum atomic E-state index is -0.250. The molecule has 0 aliphatic rings. The summed E-state index contributed by atoms with van der Waals surface area (Å²) in [7, 11) is 1.66. The van der Waals surface area contributed by atoms with Crippen LogP contribution in [0, 0.1) is 5.41 Å². The highest BCUT2D eigenvalue weighted by atomic mass is 35.5. The van der Waals surface area contributed by atoms with E-state index < -0.39 is 0 Å². The van der Waals surface area contributed by atoms with Gasteiger partial charge >= 0.3 is 0 Å². The SMILES string of the molecule is COCCC(C)(C)CNC(=O)c1ccc(Cl)nc1Cl. The Hall–Kier alpha value is -0.840. The highest BCUT2D eigenvalue weighted by molar-refractivity contribution is 6.34. The first-order chi connectivity index (χ1) is 8.85. The van der Waals surface area contributed by atoms with Crippen molar-refractivity contribution in [1.29, 1.82) is 0 Å². The van der Waals surface area contributed by atoms with Crippen LogP contribution in [0.1, 0.15) is 30.6 Å². The summed E-state index contributed by atoms with van der Waals surface area (Å²) in [6, 6.07) is 3.10. The van der Waals surface area contributed by atoms with Crippen LogP contribution in [0.15, 0.2) is 12.1 Å². The number of hydrogen-bond acceptors (Lipinski definition) is 3. The van der Waals surface area contributed by atoms with Crippen molar-refractivity contribution in [3.8, 4) is 0 Å². The van der Waals surface area contributed by atoms with Crippen molar-refractivity contribution in [3.05, 3.63) is 28.0 Å². The van der Waals surface area contributed by atoms with Gasteiger partial charge in [-0.1, -0.05) is 37.0 Å². The molecule has 1 aromatic heterocycles. The van der Waals surface area contributed by atoms with E-state index in [0.29, 0.717) is 18.7 Å². The monoisotopic (exact) mass is 304 g/mol. The molecule has 1 heterocycles. The second-order valence-corrected chi connectivity index (χ2v) is 5.81. The lowest BCUT2D eigenvalue weighted by Crippen LogP contribution is -2.34.